The minimum Gasteiger partial charge on any atom is -0.508 e. The maximum absolute atomic E-state index is 10.4. The van der Waals surface area contributed by atoms with Crippen molar-refractivity contribution < 1.29 is 9.22 Å². The molecule has 0 saturated heterocycles. The van der Waals surface area contributed by atoms with E-state index in [1.807, 2.05) is 22.8 Å². The molecule has 2 heterocycles. The summed E-state index contributed by atoms with van der Waals surface area (Å²) in [5.74, 6) is 0.700. The molecule has 0 atom stereocenters. The summed E-state index contributed by atoms with van der Waals surface area (Å²) >= 11 is 0. The second-order valence-corrected chi connectivity index (χ2v) is 10.8. The van der Waals surface area contributed by atoms with Crippen LogP contribution in [0.4, 0.5) is 0 Å². The monoisotopic (exact) mass is 463 g/mol. The van der Waals surface area contributed by atoms with Gasteiger partial charge in [0.1, 0.15) is 11.6 Å². The smallest absolute Gasteiger partial charge is 0.137 e. The van der Waals surface area contributed by atoms with E-state index in [-0.39, 0.29) is 16.7 Å². The Kier molecular flexibility index (Phi) is 4.26. The van der Waals surface area contributed by atoms with Crippen LogP contribution in [-0.2, 0) is 18.3 Å². The number of aryl methyl sites for hydroxylation is 3. The molecule has 6 rings (SSSR count). The zero-order chi connectivity index (χ0) is 26.8. The number of rotatable bonds is 2. The molecule has 0 spiro atoms. The van der Waals surface area contributed by atoms with Crippen molar-refractivity contribution in [1.29, 1.82) is 0 Å². The van der Waals surface area contributed by atoms with Crippen LogP contribution in [0.15, 0.2) is 66.9 Å². The van der Waals surface area contributed by atoms with Crippen molar-refractivity contribution in [3.63, 3.8) is 0 Å². The summed E-state index contributed by atoms with van der Waals surface area (Å²) in [5, 5.41) is 12.5. The van der Waals surface area contributed by atoms with Crippen molar-refractivity contribution in [2.45, 2.75) is 58.7 Å². The second kappa shape index (κ2) is 7.98. The van der Waals surface area contributed by atoms with Crippen molar-refractivity contribution in [2.24, 2.45) is 0 Å². The number of phenols is 1. The Morgan fingerprint density at radius 1 is 0.857 bits per heavy atom. The van der Waals surface area contributed by atoms with E-state index < -0.39 is 6.85 Å². The van der Waals surface area contributed by atoms with Gasteiger partial charge in [-0.05, 0) is 96.1 Å². The fourth-order valence-electron chi connectivity index (χ4n) is 5.43. The van der Waals surface area contributed by atoms with Gasteiger partial charge in [-0.1, -0.05) is 45.0 Å². The molecule has 3 nitrogen and oxygen atoms in total. The Hall–Kier alpha value is -3.59. The standard InChI is InChI=1S/C32H32N2O/c1-20-15-31(33-19-28(20)21-9-11-24(12-10-21)32(2,3)4)34-29-17-23-8-6-5-7-22(23)16-27(29)26-14-13-25(35)18-30(26)34/h9-19,35H,5-8H2,1-4H3/i1D3. The molecule has 3 aromatic carbocycles. The molecule has 176 valence electrons. The topological polar surface area (TPSA) is 38.0 Å². The van der Waals surface area contributed by atoms with Crippen molar-refractivity contribution in [3.8, 4) is 22.7 Å². The number of hydrogen-bond donors (Lipinski definition) is 1. The largest absolute Gasteiger partial charge is 0.508 e. The maximum atomic E-state index is 10.4. The van der Waals surface area contributed by atoms with E-state index in [2.05, 4.69) is 45.0 Å². The van der Waals surface area contributed by atoms with Gasteiger partial charge < -0.3 is 5.11 Å². The van der Waals surface area contributed by atoms with Crippen molar-refractivity contribution in [1.82, 2.24) is 9.55 Å². The molecule has 0 fully saturated rings. The number of benzene rings is 3. The third-order valence-electron chi connectivity index (χ3n) is 7.39. The average molecular weight is 464 g/mol. The Balaban J connectivity index is 1.59. The molecule has 0 amide bonds. The van der Waals surface area contributed by atoms with Gasteiger partial charge in [0.15, 0.2) is 0 Å². The van der Waals surface area contributed by atoms with Crippen LogP contribution in [0.1, 0.15) is 60.0 Å². The lowest BCUT2D eigenvalue weighted by molar-refractivity contribution is 0.476. The maximum Gasteiger partial charge on any atom is 0.137 e. The lowest BCUT2D eigenvalue weighted by atomic mass is 9.86. The quantitative estimate of drug-likeness (QED) is 0.288. The molecule has 1 aliphatic carbocycles. The summed E-state index contributed by atoms with van der Waals surface area (Å²) in [6.45, 7) is 4.16. The highest BCUT2D eigenvalue weighted by Gasteiger charge is 2.19. The molecular weight excluding hydrogens is 428 g/mol. The van der Waals surface area contributed by atoms with Gasteiger partial charge in [-0.15, -0.1) is 0 Å². The third-order valence-corrected chi connectivity index (χ3v) is 7.39. The fourth-order valence-corrected chi connectivity index (χ4v) is 5.43. The van der Waals surface area contributed by atoms with Gasteiger partial charge in [-0.3, -0.25) is 4.57 Å². The number of pyridine rings is 1. The summed E-state index contributed by atoms with van der Waals surface area (Å²) in [6, 6.07) is 19.7. The Bertz CT molecular complexity index is 1690. The summed E-state index contributed by atoms with van der Waals surface area (Å²) in [4.78, 5) is 4.82. The Morgan fingerprint density at radius 2 is 1.57 bits per heavy atom. The minimum absolute atomic E-state index is 0.00871. The van der Waals surface area contributed by atoms with Crippen LogP contribution in [0.3, 0.4) is 0 Å². The molecule has 0 radical (unpaired) electrons. The Morgan fingerprint density at radius 3 is 2.29 bits per heavy atom. The third kappa shape index (κ3) is 3.70. The van der Waals surface area contributed by atoms with Crippen LogP contribution in [0.25, 0.3) is 38.8 Å². The van der Waals surface area contributed by atoms with Crippen LogP contribution >= 0.6 is 0 Å². The Labute approximate surface area is 211 Å². The van der Waals surface area contributed by atoms with E-state index in [0.29, 0.717) is 11.4 Å². The molecule has 0 bridgehead atoms. The first-order valence-corrected chi connectivity index (χ1v) is 12.4. The normalized spacial score (nSPS) is 15.6. The highest BCUT2D eigenvalue weighted by atomic mass is 16.3. The number of aromatic nitrogens is 2. The van der Waals surface area contributed by atoms with Crippen LogP contribution in [-0.4, -0.2) is 14.7 Å². The lowest BCUT2D eigenvalue weighted by Crippen LogP contribution is -2.10. The first-order chi connectivity index (χ1) is 18.0. The lowest BCUT2D eigenvalue weighted by Gasteiger charge is -2.19. The zero-order valence-electron chi connectivity index (χ0n) is 23.5. The van der Waals surface area contributed by atoms with E-state index in [0.717, 1.165) is 40.2 Å². The number of hydrogen-bond acceptors (Lipinski definition) is 2. The van der Waals surface area contributed by atoms with E-state index in [1.54, 1.807) is 24.4 Å². The van der Waals surface area contributed by atoms with E-state index in [4.69, 9.17) is 9.10 Å². The number of phenolic OH excluding ortho intramolecular Hbond substituents is 1. The SMILES string of the molecule is [2H]C([2H])([2H])c1cc(-n2c3cc(O)ccc3c3cc4c(cc32)CCCC4)ncc1-c1ccc(C(C)(C)C)cc1. The van der Waals surface area contributed by atoms with Crippen LogP contribution in [0.5, 0.6) is 5.75 Å². The molecule has 2 aromatic heterocycles. The van der Waals surface area contributed by atoms with E-state index >= 15 is 0 Å². The molecular formula is C32H32N2O. The predicted molar refractivity (Wildman–Crippen MR) is 146 cm³/mol. The molecule has 0 saturated carbocycles. The minimum atomic E-state index is -2.32. The van der Waals surface area contributed by atoms with Crippen LogP contribution < -0.4 is 0 Å². The first-order valence-electron chi connectivity index (χ1n) is 13.9. The van der Waals surface area contributed by atoms with Gasteiger partial charge in [0.2, 0.25) is 0 Å². The van der Waals surface area contributed by atoms with Gasteiger partial charge in [0.25, 0.3) is 0 Å². The zero-order valence-corrected chi connectivity index (χ0v) is 20.5. The average Bonchev–Trinajstić information content (AvgIpc) is 3.18. The fraction of sp³-hybridized carbons (Fsp3) is 0.281. The summed E-state index contributed by atoms with van der Waals surface area (Å²) in [5.41, 5.74) is 7.41. The van der Waals surface area contributed by atoms with Crippen molar-refractivity contribution in [2.75, 3.05) is 0 Å². The number of fused-ring (bicyclic) bond motifs is 4. The van der Waals surface area contributed by atoms with Crippen LogP contribution in [0, 0.1) is 6.85 Å². The first kappa shape index (κ1) is 18.7. The molecule has 5 aromatic rings. The highest BCUT2D eigenvalue weighted by molar-refractivity contribution is 6.10. The van der Waals surface area contributed by atoms with E-state index in [9.17, 15) is 5.11 Å². The predicted octanol–water partition coefficient (Wildman–Crippen LogP) is 8.04. The highest BCUT2D eigenvalue weighted by Crippen LogP contribution is 2.37. The second-order valence-electron chi connectivity index (χ2n) is 10.8. The van der Waals surface area contributed by atoms with Gasteiger partial charge in [-0.2, -0.15) is 0 Å². The molecule has 1 aliphatic rings. The number of aromatic hydroxyl groups is 1. The summed E-state index contributed by atoms with van der Waals surface area (Å²) < 4.78 is 27.1. The van der Waals surface area contributed by atoms with Gasteiger partial charge in [-0.25, -0.2) is 4.98 Å². The molecule has 3 heteroatoms. The van der Waals surface area contributed by atoms with Crippen LogP contribution in [0.2, 0.25) is 0 Å². The van der Waals surface area contributed by atoms with Crippen molar-refractivity contribution in [3.05, 3.63) is 89.1 Å². The van der Waals surface area contributed by atoms with Gasteiger partial charge in [0, 0.05) is 32.7 Å². The van der Waals surface area contributed by atoms with Crippen molar-refractivity contribution >= 4 is 21.8 Å². The number of nitrogens with zero attached hydrogens (tertiary/aromatic N) is 2. The molecule has 1 N–H and O–H groups in total. The molecule has 0 aliphatic heterocycles. The molecule has 0 unspecified atom stereocenters. The molecule has 35 heavy (non-hydrogen) atoms. The van der Waals surface area contributed by atoms with E-state index in [1.165, 1.54) is 29.5 Å². The summed E-state index contributed by atoms with van der Waals surface area (Å²) in [7, 11) is 0. The van der Waals surface area contributed by atoms with Gasteiger partial charge in [0.05, 0.1) is 11.0 Å². The van der Waals surface area contributed by atoms with Gasteiger partial charge >= 0.3 is 0 Å². The summed E-state index contributed by atoms with van der Waals surface area (Å²) in [6.07, 6.45) is 6.15.